The lowest BCUT2D eigenvalue weighted by Gasteiger charge is -2.47. The molecule has 0 saturated carbocycles. The largest absolute Gasteiger partial charge is 0.477 e. The molecule has 2 N–H and O–H groups in total. The highest BCUT2D eigenvalue weighted by molar-refractivity contribution is 7.85. The summed E-state index contributed by atoms with van der Waals surface area (Å²) in [6, 6.07) is 10.6. The van der Waals surface area contributed by atoms with Crippen LogP contribution in [0.4, 0.5) is 0 Å². The summed E-state index contributed by atoms with van der Waals surface area (Å²) in [6.07, 6.45) is -0.900. The van der Waals surface area contributed by atoms with Gasteiger partial charge in [0.2, 0.25) is 5.91 Å². The van der Waals surface area contributed by atoms with Crippen LogP contribution in [0.5, 0.6) is 0 Å². The lowest BCUT2D eigenvalue weighted by atomic mass is 9.76. The average Bonchev–Trinajstić information content (AvgIpc) is 3.20. The minimum atomic E-state index is -1.38. The normalized spacial score (nSPS) is 28.3. The Balaban J connectivity index is 1.65. The number of aliphatic hydroxyl groups excluding tert-OH is 1. The second kappa shape index (κ2) is 5.80. The minimum absolute atomic E-state index is 0.0583. The van der Waals surface area contributed by atoms with Gasteiger partial charge in [-0.05, 0) is 36.3 Å². The smallest absolute Gasteiger partial charge is 0.352 e. The summed E-state index contributed by atoms with van der Waals surface area (Å²) in [5.74, 6) is -2.44. The fourth-order valence-electron chi connectivity index (χ4n) is 5.32. The van der Waals surface area contributed by atoms with Crippen molar-refractivity contribution in [2.45, 2.75) is 24.0 Å². The van der Waals surface area contributed by atoms with E-state index in [4.69, 9.17) is 4.42 Å². The van der Waals surface area contributed by atoms with Gasteiger partial charge in [0.1, 0.15) is 16.9 Å². The zero-order chi connectivity index (χ0) is 20.9. The Hall–Kier alpha value is -2.97. The van der Waals surface area contributed by atoms with E-state index in [1.54, 1.807) is 6.07 Å². The first-order chi connectivity index (χ1) is 14.4. The van der Waals surface area contributed by atoms with Crippen LogP contribution in [0.25, 0.3) is 27.5 Å². The number of aliphatic hydroxyl groups is 1. The van der Waals surface area contributed by atoms with Gasteiger partial charge in [-0.1, -0.05) is 18.2 Å². The van der Waals surface area contributed by atoms with Crippen LogP contribution < -0.4 is 0 Å². The van der Waals surface area contributed by atoms with Crippen LogP contribution in [0.2, 0.25) is 0 Å². The summed E-state index contributed by atoms with van der Waals surface area (Å²) in [7, 11) is -1.38. The number of β-lactam (4-membered cyclic amide) rings is 1. The van der Waals surface area contributed by atoms with Gasteiger partial charge in [0, 0.05) is 22.4 Å². The molecule has 1 aromatic heterocycles. The monoisotopic (exact) mass is 423 g/mol. The van der Waals surface area contributed by atoms with E-state index in [2.05, 4.69) is 0 Å². The number of carboxylic acid groups (broad SMARTS) is 1. The van der Waals surface area contributed by atoms with Crippen molar-refractivity contribution < 1.29 is 28.4 Å². The van der Waals surface area contributed by atoms with Crippen LogP contribution >= 0.6 is 0 Å². The number of aliphatic carboxylic acids is 1. The van der Waals surface area contributed by atoms with Crippen molar-refractivity contribution in [2.24, 2.45) is 11.8 Å². The van der Waals surface area contributed by atoms with Crippen LogP contribution in [-0.4, -0.2) is 49.1 Å². The topological polar surface area (TPSA) is 108 Å². The molecular formula is C22H17NO6S. The molecule has 2 aromatic carbocycles. The molecule has 152 valence electrons. The number of hydrogen-bond donors (Lipinski definition) is 2. The third-order valence-corrected chi connectivity index (χ3v) is 8.03. The maximum atomic E-state index is 13.1. The lowest BCUT2D eigenvalue weighted by Crippen LogP contribution is -2.64. The van der Waals surface area contributed by atoms with Crippen LogP contribution in [-0.2, 0) is 20.4 Å². The predicted molar refractivity (Wildman–Crippen MR) is 109 cm³/mol. The number of hydrogen-bond acceptors (Lipinski definition) is 5. The first-order valence-corrected chi connectivity index (χ1v) is 11.0. The molecule has 0 aliphatic carbocycles. The molecule has 3 aromatic rings. The number of carboxylic acids is 1. The van der Waals surface area contributed by atoms with E-state index in [1.165, 1.54) is 11.8 Å². The molecule has 1 fully saturated rings. The molecule has 5 atom stereocenters. The van der Waals surface area contributed by atoms with Gasteiger partial charge in [-0.25, -0.2) is 4.79 Å². The fourth-order valence-corrected chi connectivity index (χ4v) is 6.84. The third kappa shape index (κ3) is 2.05. The average molecular weight is 423 g/mol. The maximum absolute atomic E-state index is 13.1. The number of amides is 1. The molecule has 3 aliphatic rings. The standard InChI is InChI=1S/C22H17NO6S/c1-9(24)17-19-13-8-30(28)16-7-15-11(10-4-2-3-5-14(10)29-15)6-12(16)18(13)20(22(26)27)23(19)21(17)25/h2-7,9,13,17,19,24H,8H2,1H3,(H,26,27). The maximum Gasteiger partial charge on any atom is 0.352 e. The lowest BCUT2D eigenvalue weighted by molar-refractivity contribution is -0.163. The van der Waals surface area contributed by atoms with Crippen molar-refractivity contribution in [1.82, 2.24) is 4.90 Å². The zero-order valence-electron chi connectivity index (χ0n) is 15.9. The Morgan fingerprint density at radius 1 is 1.23 bits per heavy atom. The Morgan fingerprint density at radius 3 is 2.73 bits per heavy atom. The molecular weight excluding hydrogens is 406 g/mol. The molecule has 1 saturated heterocycles. The fraction of sp³-hybridized carbons (Fsp3) is 0.273. The molecule has 0 bridgehead atoms. The van der Waals surface area contributed by atoms with E-state index >= 15 is 0 Å². The van der Waals surface area contributed by atoms with Crippen LogP contribution in [0.1, 0.15) is 12.5 Å². The van der Waals surface area contributed by atoms with Gasteiger partial charge in [-0.15, -0.1) is 0 Å². The number of para-hydroxylation sites is 1. The van der Waals surface area contributed by atoms with Crippen molar-refractivity contribution in [2.75, 3.05) is 5.75 Å². The summed E-state index contributed by atoms with van der Waals surface area (Å²) in [6.45, 7) is 1.53. The molecule has 8 heteroatoms. The van der Waals surface area contributed by atoms with Crippen molar-refractivity contribution >= 4 is 50.2 Å². The van der Waals surface area contributed by atoms with Crippen LogP contribution in [0, 0.1) is 11.8 Å². The van der Waals surface area contributed by atoms with Gasteiger partial charge in [0.15, 0.2) is 0 Å². The summed E-state index contributed by atoms with van der Waals surface area (Å²) in [5.41, 5.74) is 2.36. The SMILES string of the molecule is CC(O)C1C(=O)N2C(C(=O)O)=C3c4cc5c(cc4S(=O)CC3C12)oc1ccccc15. The Morgan fingerprint density at radius 2 is 2.00 bits per heavy atom. The van der Waals surface area contributed by atoms with Gasteiger partial charge in [-0.2, -0.15) is 0 Å². The third-order valence-electron chi connectivity index (χ3n) is 6.54. The molecule has 1 amide bonds. The van der Waals surface area contributed by atoms with E-state index in [1.807, 2.05) is 30.3 Å². The predicted octanol–water partition coefficient (Wildman–Crippen LogP) is 2.34. The quantitative estimate of drug-likeness (QED) is 0.613. The first kappa shape index (κ1) is 17.9. The summed E-state index contributed by atoms with van der Waals surface area (Å²) in [5, 5.41) is 21.7. The summed E-state index contributed by atoms with van der Waals surface area (Å²) in [4.78, 5) is 26.6. The number of carbonyl (C=O) groups is 2. The second-order valence-corrected chi connectivity index (χ2v) is 9.56. The van der Waals surface area contributed by atoms with Crippen molar-refractivity contribution in [3.8, 4) is 0 Å². The Bertz CT molecular complexity index is 1350. The molecule has 6 rings (SSSR count). The number of fused-ring (bicyclic) bond motifs is 8. The minimum Gasteiger partial charge on any atom is -0.477 e. The van der Waals surface area contributed by atoms with E-state index in [0.717, 1.165) is 10.8 Å². The van der Waals surface area contributed by atoms with Gasteiger partial charge in [-0.3, -0.25) is 9.00 Å². The zero-order valence-corrected chi connectivity index (χ0v) is 16.7. The summed E-state index contributed by atoms with van der Waals surface area (Å²) >= 11 is 0. The number of carbonyl (C=O) groups excluding carboxylic acids is 1. The Labute approximate surface area is 173 Å². The van der Waals surface area contributed by atoms with E-state index in [9.17, 15) is 24.0 Å². The van der Waals surface area contributed by atoms with Crippen LogP contribution in [0.15, 0.2) is 51.4 Å². The molecule has 5 unspecified atom stereocenters. The highest BCUT2D eigenvalue weighted by Crippen LogP contribution is 2.54. The molecule has 4 heterocycles. The van der Waals surface area contributed by atoms with Crippen molar-refractivity contribution in [3.05, 3.63) is 47.7 Å². The summed E-state index contributed by atoms with van der Waals surface area (Å²) < 4.78 is 19.0. The number of benzene rings is 2. The molecule has 0 radical (unpaired) electrons. The first-order valence-electron chi connectivity index (χ1n) is 9.71. The Kier molecular flexibility index (Phi) is 3.45. The van der Waals surface area contributed by atoms with Gasteiger partial charge >= 0.3 is 5.97 Å². The van der Waals surface area contributed by atoms with Gasteiger partial charge < -0.3 is 19.5 Å². The molecule has 30 heavy (non-hydrogen) atoms. The van der Waals surface area contributed by atoms with Crippen molar-refractivity contribution in [3.63, 3.8) is 0 Å². The van der Waals surface area contributed by atoms with E-state index in [-0.39, 0.29) is 11.4 Å². The van der Waals surface area contributed by atoms with Crippen LogP contribution in [0.3, 0.4) is 0 Å². The van der Waals surface area contributed by atoms with Crippen molar-refractivity contribution in [1.29, 1.82) is 0 Å². The molecule has 7 nitrogen and oxygen atoms in total. The van der Waals surface area contributed by atoms with E-state index < -0.39 is 46.7 Å². The second-order valence-electron chi connectivity index (χ2n) is 8.09. The van der Waals surface area contributed by atoms with Gasteiger partial charge in [0.25, 0.3) is 0 Å². The highest BCUT2D eigenvalue weighted by Gasteiger charge is 2.62. The molecule has 0 spiro atoms. The van der Waals surface area contributed by atoms with Gasteiger partial charge in [0.05, 0.1) is 33.8 Å². The number of furan rings is 1. The number of nitrogens with zero attached hydrogens (tertiary/aromatic N) is 1. The van der Waals surface area contributed by atoms with E-state index in [0.29, 0.717) is 27.2 Å². The molecule has 3 aliphatic heterocycles. The number of rotatable bonds is 2. The highest BCUT2D eigenvalue weighted by atomic mass is 32.2.